The van der Waals surface area contributed by atoms with Gasteiger partial charge in [0.1, 0.15) is 5.82 Å². The van der Waals surface area contributed by atoms with E-state index < -0.39 is 0 Å². The Kier molecular flexibility index (Phi) is 5.71. The lowest BCUT2D eigenvalue weighted by Gasteiger charge is -2.11. The molecule has 0 aliphatic rings. The van der Waals surface area contributed by atoms with Crippen LogP contribution in [-0.4, -0.2) is 29.9 Å². The van der Waals surface area contributed by atoms with Crippen LogP contribution in [0.5, 0.6) is 11.5 Å². The second kappa shape index (κ2) is 8.75. The van der Waals surface area contributed by atoms with Crippen molar-refractivity contribution in [1.82, 2.24) is 9.78 Å². The Balaban J connectivity index is 1.72. The fourth-order valence-electron chi connectivity index (χ4n) is 3.35. The first kappa shape index (κ1) is 20.2. The predicted octanol–water partition coefficient (Wildman–Crippen LogP) is 5.12. The van der Waals surface area contributed by atoms with E-state index in [0.29, 0.717) is 22.9 Å². The summed E-state index contributed by atoms with van der Waals surface area (Å²) in [6.07, 6.45) is 0. The number of hydrogen-bond donors (Lipinski definition) is 1. The zero-order valence-corrected chi connectivity index (χ0v) is 17.6. The van der Waals surface area contributed by atoms with Gasteiger partial charge in [-0.25, -0.2) is 4.68 Å². The van der Waals surface area contributed by atoms with Crippen molar-refractivity contribution < 1.29 is 14.3 Å². The highest BCUT2D eigenvalue weighted by molar-refractivity contribution is 6.04. The minimum atomic E-state index is -0.270. The van der Waals surface area contributed by atoms with Gasteiger partial charge in [-0.1, -0.05) is 42.0 Å². The predicted molar refractivity (Wildman–Crippen MR) is 121 cm³/mol. The van der Waals surface area contributed by atoms with E-state index in [1.54, 1.807) is 30.0 Å². The summed E-state index contributed by atoms with van der Waals surface area (Å²) < 4.78 is 12.3. The maximum Gasteiger partial charge on any atom is 0.256 e. The number of aromatic nitrogens is 2. The average molecular weight is 413 g/mol. The van der Waals surface area contributed by atoms with Gasteiger partial charge in [0.25, 0.3) is 5.91 Å². The zero-order chi connectivity index (χ0) is 21.8. The van der Waals surface area contributed by atoms with Gasteiger partial charge in [0.15, 0.2) is 11.5 Å². The highest BCUT2D eigenvalue weighted by Crippen LogP contribution is 2.29. The third-order valence-corrected chi connectivity index (χ3v) is 4.91. The van der Waals surface area contributed by atoms with E-state index in [-0.39, 0.29) is 5.91 Å². The molecule has 0 aliphatic carbocycles. The van der Waals surface area contributed by atoms with Crippen LogP contribution in [-0.2, 0) is 0 Å². The van der Waals surface area contributed by atoms with E-state index >= 15 is 0 Å². The van der Waals surface area contributed by atoms with Gasteiger partial charge in [-0.3, -0.25) is 4.79 Å². The SMILES string of the molecule is COc1ccc(C(=O)Nc2cc(-c3cccc(C)c3)nn2-c2ccccc2)cc1OC. The summed E-state index contributed by atoms with van der Waals surface area (Å²) in [5.74, 6) is 1.36. The van der Waals surface area contributed by atoms with Crippen LogP contribution < -0.4 is 14.8 Å². The molecule has 0 saturated carbocycles. The third-order valence-electron chi connectivity index (χ3n) is 4.91. The van der Waals surface area contributed by atoms with Crippen LogP contribution in [0.2, 0.25) is 0 Å². The summed E-state index contributed by atoms with van der Waals surface area (Å²) in [5.41, 5.74) is 4.20. The number of aryl methyl sites for hydroxylation is 1. The van der Waals surface area contributed by atoms with Gasteiger partial charge in [-0.15, -0.1) is 0 Å². The molecule has 156 valence electrons. The Morgan fingerprint density at radius 1 is 0.871 bits per heavy atom. The Labute approximate surface area is 181 Å². The van der Waals surface area contributed by atoms with E-state index in [1.165, 1.54) is 7.11 Å². The average Bonchev–Trinajstić information content (AvgIpc) is 3.23. The molecule has 31 heavy (non-hydrogen) atoms. The number of para-hydroxylation sites is 1. The van der Waals surface area contributed by atoms with Crippen LogP contribution in [0.4, 0.5) is 5.82 Å². The highest BCUT2D eigenvalue weighted by atomic mass is 16.5. The van der Waals surface area contributed by atoms with E-state index in [2.05, 4.69) is 11.4 Å². The number of amides is 1. The van der Waals surface area contributed by atoms with Crippen LogP contribution >= 0.6 is 0 Å². The molecule has 0 bridgehead atoms. The van der Waals surface area contributed by atoms with Gasteiger partial charge in [-0.2, -0.15) is 5.10 Å². The summed E-state index contributed by atoms with van der Waals surface area (Å²) in [4.78, 5) is 13.0. The van der Waals surface area contributed by atoms with Crippen molar-refractivity contribution in [2.75, 3.05) is 19.5 Å². The molecule has 0 saturated heterocycles. The largest absolute Gasteiger partial charge is 0.493 e. The Hall–Kier alpha value is -4.06. The van der Waals surface area contributed by atoms with Crippen LogP contribution in [0.25, 0.3) is 16.9 Å². The quantitative estimate of drug-likeness (QED) is 0.477. The molecule has 1 N–H and O–H groups in total. The first-order valence-electron chi connectivity index (χ1n) is 9.85. The fourth-order valence-corrected chi connectivity index (χ4v) is 3.35. The number of nitrogens with zero attached hydrogens (tertiary/aromatic N) is 2. The lowest BCUT2D eigenvalue weighted by molar-refractivity contribution is 0.102. The molecule has 0 unspecified atom stereocenters. The number of rotatable bonds is 6. The molecule has 4 aromatic rings. The van der Waals surface area contributed by atoms with Gasteiger partial charge in [0.2, 0.25) is 0 Å². The van der Waals surface area contributed by atoms with Gasteiger partial charge >= 0.3 is 0 Å². The first-order chi connectivity index (χ1) is 15.1. The Bertz CT molecular complexity index is 1220. The van der Waals surface area contributed by atoms with E-state index in [1.807, 2.05) is 61.5 Å². The normalized spacial score (nSPS) is 10.5. The second-order valence-corrected chi connectivity index (χ2v) is 7.06. The molecular weight excluding hydrogens is 390 g/mol. The van der Waals surface area contributed by atoms with Crippen molar-refractivity contribution in [3.8, 4) is 28.4 Å². The second-order valence-electron chi connectivity index (χ2n) is 7.06. The number of carbonyl (C=O) groups is 1. The number of benzene rings is 3. The number of nitrogens with one attached hydrogen (secondary N) is 1. The van der Waals surface area contributed by atoms with Gasteiger partial charge in [-0.05, 0) is 43.3 Å². The molecule has 3 aromatic carbocycles. The topological polar surface area (TPSA) is 65.4 Å². The minimum Gasteiger partial charge on any atom is -0.493 e. The van der Waals surface area contributed by atoms with Crippen molar-refractivity contribution in [3.05, 3.63) is 90.0 Å². The molecule has 6 nitrogen and oxygen atoms in total. The molecule has 0 radical (unpaired) electrons. The summed E-state index contributed by atoms with van der Waals surface area (Å²) in [7, 11) is 3.10. The minimum absolute atomic E-state index is 0.270. The summed E-state index contributed by atoms with van der Waals surface area (Å²) in [5, 5.41) is 7.74. The number of ether oxygens (including phenoxy) is 2. The third kappa shape index (κ3) is 4.28. The van der Waals surface area contributed by atoms with Crippen LogP contribution in [0.1, 0.15) is 15.9 Å². The van der Waals surface area contributed by atoms with E-state index in [4.69, 9.17) is 14.6 Å². The lowest BCUT2D eigenvalue weighted by Crippen LogP contribution is -2.15. The van der Waals surface area contributed by atoms with Crippen LogP contribution in [0.3, 0.4) is 0 Å². The molecular formula is C25H23N3O3. The molecule has 4 rings (SSSR count). The van der Waals surface area contributed by atoms with Crippen molar-refractivity contribution in [3.63, 3.8) is 0 Å². The Morgan fingerprint density at radius 2 is 1.65 bits per heavy atom. The molecule has 1 aromatic heterocycles. The smallest absolute Gasteiger partial charge is 0.256 e. The fraction of sp³-hybridized carbons (Fsp3) is 0.120. The first-order valence-corrected chi connectivity index (χ1v) is 9.85. The molecule has 0 fully saturated rings. The lowest BCUT2D eigenvalue weighted by atomic mass is 10.1. The van der Waals surface area contributed by atoms with Gasteiger partial charge < -0.3 is 14.8 Å². The van der Waals surface area contributed by atoms with Crippen molar-refractivity contribution in [2.45, 2.75) is 6.92 Å². The Morgan fingerprint density at radius 3 is 2.35 bits per heavy atom. The van der Waals surface area contributed by atoms with E-state index in [0.717, 1.165) is 22.5 Å². The number of methoxy groups -OCH3 is 2. The van der Waals surface area contributed by atoms with Gasteiger partial charge in [0.05, 0.1) is 25.6 Å². The monoisotopic (exact) mass is 413 g/mol. The van der Waals surface area contributed by atoms with E-state index in [9.17, 15) is 4.79 Å². The molecule has 0 atom stereocenters. The summed E-state index contributed by atoms with van der Waals surface area (Å²) in [6, 6.07) is 24.7. The van der Waals surface area contributed by atoms with Crippen molar-refractivity contribution >= 4 is 11.7 Å². The summed E-state index contributed by atoms with van der Waals surface area (Å²) in [6.45, 7) is 2.04. The molecule has 1 amide bonds. The summed E-state index contributed by atoms with van der Waals surface area (Å²) >= 11 is 0. The molecule has 1 heterocycles. The molecule has 6 heteroatoms. The maximum absolute atomic E-state index is 13.0. The van der Waals surface area contributed by atoms with Gasteiger partial charge in [0, 0.05) is 17.2 Å². The molecule has 0 spiro atoms. The van der Waals surface area contributed by atoms with Crippen LogP contribution in [0.15, 0.2) is 78.9 Å². The van der Waals surface area contributed by atoms with Crippen molar-refractivity contribution in [1.29, 1.82) is 0 Å². The standard InChI is InChI=1S/C25H23N3O3/c1-17-8-7-9-18(14-17)21-16-24(28(27-21)20-10-5-4-6-11-20)26-25(29)19-12-13-22(30-2)23(15-19)31-3/h4-16H,1-3H3,(H,26,29). The number of anilines is 1. The number of hydrogen-bond acceptors (Lipinski definition) is 4. The maximum atomic E-state index is 13.0. The molecule has 0 aliphatic heterocycles. The highest BCUT2D eigenvalue weighted by Gasteiger charge is 2.16. The van der Waals surface area contributed by atoms with Crippen molar-refractivity contribution in [2.24, 2.45) is 0 Å². The zero-order valence-electron chi connectivity index (χ0n) is 17.6. The number of carbonyl (C=O) groups excluding carboxylic acids is 1. The van der Waals surface area contributed by atoms with Crippen LogP contribution in [0, 0.1) is 6.92 Å².